The van der Waals surface area contributed by atoms with Crippen LogP contribution in [0.15, 0.2) is 0 Å². The van der Waals surface area contributed by atoms with Crippen molar-refractivity contribution in [3.8, 4) is 0 Å². The summed E-state index contributed by atoms with van der Waals surface area (Å²) in [5, 5.41) is 3.67. The molecule has 1 fully saturated rings. The van der Waals surface area contributed by atoms with Gasteiger partial charge in [0.15, 0.2) is 0 Å². The van der Waals surface area contributed by atoms with E-state index >= 15 is 0 Å². The van der Waals surface area contributed by atoms with Gasteiger partial charge in [-0.1, -0.05) is 26.2 Å². The van der Waals surface area contributed by atoms with Crippen molar-refractivity contribution in [2.45, 2.75) is 64.5 Å². The maximum absolute atomic E-state index is 3.67. The van der Waals surface area contributed by atoms with Gasteiger partial charge in [0.25, 0.3) is 0 Å². The summed E-state index contributed by atoms with van der Waals surface area (Å²) < 4.78 is 0. The Balaban J connectivity index is 0.000000671. The van der Waals surface area contributed by atoms with Gasteiger partial charge < -0.3 is 5.32 Å². The molecule has 0 amide bonds. The zero-order valence-corrected chi connectivity index (χ0v) is 13.9. The summed E-state index contributed by atoms with van der Waals surface area (Å²) in [6, 6.07) is 1.55. The normalized spacial score (nSPS) is 20.8. The van der Waals surface area contributed by atoms with Crippen LogP contribution in [-0.2, 0) is 0 Å². The van der Waals surface area contributed by atoms with Crippen LogP contribution in [-0.4, -0.2) is 31.6 Å². The number of hydrogen-bond acceptors (Lipinski definition) is 1. The van der Waals surface area contributed by atoms with E-state index in [4.69, 9.17) is 0 Å². The van der Waals surface area contributed by atoms with E-state index in [0.29, 0.717) is 0 Å². The average molecular weight is 218 g/mol. The van der Waals surface area contributed by atoms with Crippen LogP contribution >= 0.6 is 0 Å². The Kier molecular flexibility index (Phi) is 9.24. The second-order valence-electron chi connectivity index (χ2n) is 3.81. The van der Waals surface area contributed by atoms with Gasteiger partial charge in [0.1, 0.15) is 0 Å². The van der Waals surface area contributed by atoms with Crippen molar-refractivity contribution >= 4 is 19.5 Å². The van der Waals surface area contributed by atoms with Gasteiger partial charge in [-0.25, -0.2) is 0 Å². The molecule has 1 N–H and O–H groups in total. The third-order valence-corrected chi connectivity index (χ3v) is 2.74. The highest BCUT2D eigenvalue weighted by Gasteiger charge is 2.13. The summed E-state index contributed by atoms with van der Waals surface area (Å²) in [7, 11) is 2.89. The standard InChI is InChI=1S/C10H21N.H6Si2/c1-3-9(2)11-10-7-5-4-6-8-10;1-2/h9-11H,3-8H2,1-2H3;1-2H3. The Morgan fingerprint density at radius 3 is 2.23 bits per heavy atom. The lowest BCUT2D eigenvalue weighted by Gasteiger charge is -2.25. The highest BCUT2D eigenvalue weighted by atomic mass is 29.1. The van der Waals surface area contributed by atoms with Crippen LogP contribution in [0.2, 0.25) is 0 Å². The highest BCUT2D eigenvalue weighted by Crippen LogP contribution is 2.17. The second-order valence-corrected chi connectivity index (χ2v) is 3.81. The topological polar surface area (TPSA) is 12.0 Å². The van der Waals surface area contributed by atoms with E-state index in [1.165, 1.54) is 58.0 Å². The molecule has 0 spiro atoms. The molecule has 0 aromatic heterocycles. The van der Waals surface area contributed by atoms with Crippen molar-refractivity contribution in [1.82, 2.24) is 5.32 Å². The molecule has 13 heavy (non-hydrogen) atoms. The van der Waals surface area contributed by atoms with E-state index in [1.54, 1.807) is 0 Å². The first-order valence-electron chi connectivity index (χ1n) is 6.09. The zero-order valence-electron chi connectivity index (χ0n) is 9.90. The van der Waals surface area contributed by atoms with Gasteiger partial charge >= 0.3 is 0 Å². The van der Waals surface area contributed by atoms with Crippen molar-refractivity contribution in [3.63, 3.8) is 0 Å². The molecule has 1 aliphatic rings. The maximum atomic E-state index is 3.67. The average Bonchev–Trinajstić information content (AvgIpc) is 2.22. The second kappa shape index (κ2) is 8.97. The van der Waals surface area contributed by atoms with E-state index in [9.17, 15) is 0 Å². The maximum Gasteiger partial charge on any atom is 0.00695 e. The van der Waals surface area contributed by atoms with Crippen LogP contribution in [0.3, 0.4) is 0 Å². The summed E-state index contributed by atoms with van der Waals surface area (Å²) in [4.78, 5) is 0. The first kappa shape index (κ1) is 13.4. The molecule has 0 radical (unpaired) electrons. The van der Waals surface area contributed by atoms with Gasteiger partial charge in [-0.15, -0.1) is 0 Å². The zero-order chi connectivity index (χ0) is 10.1. The third kappa shape index (κ3) is 6.46. The van der Waals surface area contributed by atoms with E-state index < -0.39 is 0 Å². The fourth-order valence-corrected chi connectivity index (χ4v) is 1.79. The predicted molar refractivity (Wildman–Crippen MR) is 69.6 cm³/mol. The molecule has 1 atom stereocenters. The lowest BCUT2D eigenvalue weighted by molar-refractivity contribution is 0.340. The van der Waals surface area contributed by atoms with Crippen molar-refractivity contribution < 1.29 is 0 Å². The predicted octanol–water partition coefficient (Wildman–Crippen LogP) is 0.339. The molecule has 3 heteroatoms. The van der Waals surface area contributed by atoms with Gasteiger partial charge in [0, 0.05) is 12.1 Å². The first-order chi connectivity index (χ1) is 6.33. The van der Waals surface area contributed by atoms with Crippen molar-refractivity contribution in [2.24, 2.45) is 0 Å². The van der Waals surface area contributed by atoms with Crippen LogP contribution in [0, 0.1) is 0 Å². The van der Waals surface area contributed by atoms with Crippen LogP contribution in [0.5, 0.6) is 0 Å². The Bertz CT molecular complexity index is 103. The lowest BCUT2D eigenvalue weighted by Crippen LogP contribution is -2.37. The van der Waals surface area contributed by atoms with Crippen LogP contribution in [0.25, 0.3) is 0 Å². The fourth-order valence-electron chi connectivity index (χ4n) is 1.79. The van der Waals surface area contributed by atoms with Crippen molar-refractivity contribution in [2.75, 3.05) is 0 Å². The Morgan fingerprint density at radius 1 is 1.23 bits per heavy atom. The smallest absolute Gasteiger partial charge is 0.00695 e. The Hall–Kier alpha value is 0.394. The Morgan fingerprint density at radius 2 is 1.77 bits per heavy atom. The minimum absolute atomic E-state index is 0.720. The van der Waals surface area contributed by atoms with Crippen LogP contribution < -0.4 is 5.32 Å². The SMILES string of the molecule is CCC(C)NC1CCCCC1.[SiH3][SiH3]. The van der Waals surface area contributed by atoms with E-state index in [0.717, 1.165) is 12.1 Å². The molecule has 0 saturated heterocycles. The summed E-state index contributed by atoms with van der Waals surface area (Å²) in [6.07, 6.45) is 8.41. The molecule has 0 bridgehead atoms. The van der Waals surface area contributed by atoms with E-state index in [-0.39, 0.29) is 0 Å². The van der Waals surface area contributed by atoms with Gasteiger partial charge in [-0.3, -0.25) is 0 Å². The fraction of sp³-hybridized carbons (Fsp3) is 1.00. The largest absolute Gasteiger partial charge is 0.312 e. The molecule has 1 aliphatic carbocycles. The molecular weight excluding hydrogens is 190 g/mol. The molecule has 1 unspecified atom stereocenters. The van der Waals surface area contributed by atoms with E-state index in [2.05, 4.69) is 19.2 Å². The molecule has 1 nitrogen and oxygen atoms in total. The molecular formula is C10H27NSi2. The molecule has 80 valence electrons. The summed E-state index contributed by atoms with van der Waals surface area (Å²) in [5.41, 5.74) is 0. The van der Waals surface area contributed by atoms with Crippen LogP contribution in [0.1, 0.15) is 52.4 Å². The Labute approximate surface area is 89.7 Å². The molecule has 0 aromatic rings. The summed E-state index contributed by atoms with van der Waals surface area (Å²) in [5.74, 6) is 0. The molecule has 0 aromatic carbocycles. The van der Waals surface area contributed by atoms with Gasteiger partial charge in [0.05, 0.1) is 0 Å². The van der Waals surface area contributed by atoms with Gasteiger partial charge in [0.2, 0.25) is 0 Å². The van der Waals surface area contributed by atoms with Gasteiger partial charge in [-0.2, -0.15) is 0 Å². The first-order valence-corrected chi connectivity index (χ1v) is 14.1. The summed E-state index contributed by atoms with van der Waals surface area (Å²) in [6.45, 7) is 4.54. The van der Waals surface area contributed by atoms with E-state index in [1.807, 2.05) is 0 Å². The number of nitrogens with one attached hydrogen (secondary N) is 1. The van der Waals surface area contributed by atoms with Crippen molar-refractivity contribution in [3.05, 3.63) is 0 Å². The monoisotopic (exact) mass is 217 g/mol. The third-order valence-electron chi connectivity index (χ3n) is 2.74. The minimum atomic E-state index is 0.720. The van der Waals surface area contributed by atoms with Gasteiger partial charge in [-0.05, 0) is 45.7 Å². The molecule has 1 saturated carbocycles. The quantitative estimate of drug-likeness (QED) is 0.673. The van der Waals surface area contributed by atoms with Crippen LogP contribution in [0.4, 0.5) is 0 Å². The number of hydrogen-bond donors (Lipinski definition) is 1. The molecule has 0 heterocycles. The highest BCUT2D eigenvalue weighted by molar-refractivity contribution is 6.75. The molecule has 0 aliphatic heterocycles. The summed E-state index contributed by atoms with van der Waals surface area (Å²) >= 11 is 0. The lowest BCUT2D eigenvalue weighted by atomic mass is 9.95. The number of rotatable bonds is 3. The van der Waals surface area contributed by atoms with Crippen molar-refractivity contribution in [1.29, 1.82) is 0 Å². The minimum Gasteiger partial charge on any atom is -0.312 e. The molecule has 1 rings (SSSR count).